The molecule has 3 aliphatic rings. The zero-order valence-corrected chi connectivity index (χ0v) is 41.1. The molecule has 7 rings (SSSR count). The molecule has 3 aromatic carbocycles. The lowest BCUT2D eigenvalue weighted by molar-refractivity contribution is -0.141. The molecule has 69 heavy (non-hydrogen) atoms. The molecule has 15 heteroatoms. The van der Waals surface area contributed by atoms with Gasteiger partial charge < -0.3 is 33.9 Å². The van der Waals surface area contributed by atoms with Crippen molar-refractivity contribution in [1.82, 2.24) is 20.0 Å². The van der Waals surface area contributed by atoms with Crippen molar-refractivity contribution in [2.75, 3.05) is 46.4 Å². The first-order valence-electron chi connectivity index (χ1n) is 21.8. The van der Waals surface area contributed by atoms with Crippen LogP contribution in [-0.2, 0) is 33.5 Å². The Labute approximate surface area is 414 Å². The summed E-state index contributed by atoms with van der Waals surface area (Å²) in [5.41, 5.74) is 3.20. The quantitative estimate of drug-likeness (QED) is 0.0775. The summed E-state index contributed by atoms with van der Waals surface area (Å²) >= 11 is 1.02. The van der Waals surface area contributed by atoms with Crippen molar-refractivity contribution in [2.24, 2.45) is 0 Å². The predicted molar refractivity (Wildman–Crippen MR) is 282 cm³/mol. The lowest BCUT2D eigenvalue weighted by Crippen LogP contribution is -2.29. The van der Waals surface area contributed by atoms with Crippen molar-refractivity contribution in [3.63, 3.8) is 0 Å². The summed E-state index contributed by atoms with van der Waals surface area (Å²) in [5.74, 6) is -0.0287. The third kappa shape index (κ3) is 26.9. The topological polar surface area (TPSA) is 173 Å². The maximum Gasteiger partial charge on any atom is 0.396 e. The van der Waals surface area contributed by atoms with Gasteiger partial charge >= 0.3 is 16.9 Å². The van der Waals surface area contributed by atoms with Crippen molar-refractivity contribution in [1.29, 1.82) is 0 Å². The van der Waals surface area contributed by atoms with Gasteiger partial charge in [-0.2, -0.15) is 0 Å². The van der Waals surface area contributed by atoms with Crippen LogP contribution in [-0.4, -0.2) is 96.6 Å². The van der Waals surface area contributed by atoms with Crippen LogP contribution >= 0.6 is 11.3 Å². The van der Waals surface area contributed by atoms with E-state index in [1.54, 1.807) is 56.0 Å². The van der Waals surface area contributed by atoms with Crippen LogP contribution in [0.5, 0.6) is 5.75 Å². The van der Waals surface area contributed by atoms with E-state index < -0.39 is 11.9 Å². The number of carbonyl (C=O) groups excluding carboxylic acids is 6. The van der Waals surface area contributed by atoms with Crippen LogP contribution in [0.4, 0.5) is 0 Å². The average molecular weight is 973 g/mol. The molecule has 0 radical (unpaired) electrons. The number of hydrogen-bond acceptors (Lipinski definition) is 11. The van der Waals surface area contributed by atoms with Gasteiger partial charge in [-0.1, -0.05) is 107 Å². The van der Waals surface area contributed by atoms with Gasteiger partial charge in [0.25, 0.3) is 0 Å². The molecule has 0 spiro atoms. The smallest absolute Gasteiger partial charge is 0.396 e. The van der Waals surface area contributed by atoms with Gasteiger partial charge in [0.15, 0.2) is 5.58 Å². The minimum absolute atomic E-state index is 0. The van der Waals surface area contributed by atoms with E-state index in [0.29, 0.717) is 47.4 Å². The number of ether oxygens (including phenoxy) is 2. The number of fused-ring (bicyclic) bond motifs is 2. The third-order valence-electron chi connectivity index (χ3n) is 9.04. The lowest BCUT2D eigenvalue weighted by atomic mass is 10.1. The highest BCUT2D eigenvalue weighted by atomic mass is 32.1. The number of carbonyl (C=O) groups is 6. The molecule has 3 aliphatic heterocycles. The maximum atomic E-state index is 11.2. The molecular formula is C54H76N4O10S. The maximum absolute atomic E-state index is 11.2. The minimum atomic E-state index is -0.401. The van der Waals surface area contributed by atoms with Gasteiger partial charge in [0.1, 0.15) is 12.4 Å². The van der Waals surface area contributed by atoms with Crippen molar-refractivity contribution in [2.45, 2.75) is 94.9 Å². The molecule has 378 valence electrons. The fourth-order valence-electron chi connectivity index (χ4n) is 5.79. The van der Waals surface area contributed by atoms with Gasteiger partial charge in [0.2, 0.25) is 23.6 Å². The fourth-order valence-corrected chi connectivity index (χ4v) is 6.44. The number of nitrogens with one attached hydrogen (secondary N) is 1. The minimum Gasteiger partial charge on any atom is -0.460 e. The van der Waals surface area contributed by atoms with Crippen LogP contribution in [0.25, 0.3) is 21.1 Å². The molecule has 1 N–H and O–H groups in total. The molecule has 0 aliphatic carbocycles. The largest absolute Gasteiger partial charge is 0.460 e. The number of rotatable bonds is 8. The van der Waals surface area contributed by atoms with E-state index >= 15 is 0 Å². The Morgan fingerprint density at radius 2 is 1.25 bits per heavy atom. The first kappa shape index (κ1) is 64.2. The number of allylic oxidation sites excluding steroid dienone is 1. The fraction of sp³-hybridized carbons (Fsp3) is 0.389. The monoisotopic (exact) mass is 973 g/mol. The van der Waals surface area contributed by atoms with Crippen molar-refractivity contribution in [3.05, 3.63) is 138 Å². The molecule has 4 aromatic rings. The Hall–Kier alpha value is -6.87. The summed E-state index contributed by atoms with van der Waals surface area (Å²) in [6.45, 7) is 32.1. The van der Waals surface area contributed by atoms with E-state index in [2.05, 4.69) is 86.7 Å². The molecule has 0 unspecified atom stereocenters. The van der Waals surface area contributed by atoms with Gasteiger partial charge in [0.05, 0.1) is 11.2 Å². The number of benzene rings is 3. The molecular weight excluding hydrogens is 897 g/mol. The summed E-state index contributed by atoms with van der Waals surface area (Å²) in [7, 11) is 1.58. The van der Waals surface area contributed by atoms with Gasteiger partial charge in [-0.05, 0) is 89.4 Å². The first-order chi connectivity index (χ1) is 31.7. The molecule has 4 amide bonds. The van der Waals surface area contributed by atoms with Crippen molar-refractivity contribution < 1.29 is 42.7 Å². The van der Waals surface area contributed by atoms with E-state index in [1.807, 2.05) is 18.7 Å². The van der Waals surface area contributed by atoms with Crippen LogP contribution < -0.4 is 15.0 Å². The van der Waals surface area contributed by atoms with Crippen molar-refractivity contribution in [3.8, 4) is 5.75 Å². The van der Waals surface area contributed by atoms with E-state index in [0.717, 1.165) is 67.9 Å². The number of esters is 2. The van der Waals surface area contributed by atoms with E-state index in [4.69, 9.17) is 13.9 Å². The highest BCUT2D eigenvalue weighted by Gasteiger charge is 2.20. The third-order valence-corrected chi connectivity index (χ3v) is 9.85. The summed E-state index contributed by atoms with van der Waals surface area (Å²) in [4.78, 5) is 80.6. The highest BCUT2D eigenvalue weighted by Crippen LogP contribution is 2.22. The zero-order valence-electron chi connectivity index (χ0n) is 40.3. The molecule has 14 nitrogen and oxygen atoms in total. The Morgan fingerprint density at radius 1 is 0.725 bits per heavy atom. The molecule has 4 heterocycles. The Balaban J connectivity index is 0. The Morgan fingerprint density at radius 3 is 1.62 bits per heavy atom. The lowest BCUT2D eigenvalue weighted by Gasteiger charge is -2.14. The summed E-state index contributed by atoms with van der Waals surface area (Å²) in [6, 6.07) is 21.5. The van der Waals surface area contributed by atoms with Crippen LogP contribution in [0.2, 0.25) is 0 Å². The number of likely N-dealkylation sites (tertiary alicyclic amines) is 3. The van der Waals surface area contributed by atoms with E-state index in [1.165, 1.54) is 29.3 Å². The van der Waals surface area contributed by atoms with Gasteiger partial charge in [-0.25, -0.2) is 9.59 Å². The average Bonchev–Trinajstić information content (AvgIpc) is 4.13. The summed E-state index contributed by atoms with van der Waals surface area (Å²) in [5, 5.41) is 5.05. The summed E-state index contributed by atoms with van der Waals surface area (Å²) < 4.78 is 15.3. The molecule has 3 fully saturated rings. The van der Waals surface area contributed by atoms with E-state index in [-0.39, 0.29) is 50.0 Å². The highest BCUT2D eigenvalue weighted by molar-refractivity contribution is 7.16. The normalized spacial score (nSPS) is 12.7. The molecule has 3 saturated heterocycles. The van der Waals surface area contributed by atoms with Crippen molar-refractivity contribution >= 4 is 68.0 Å². The Bertz CT molecular complexity index is 2320. The van der Waals surface area contributed by atoms with Gasteiger partial charge in [0, 0.05) is 75.8 Å². The first-order valence-corrected chi connectivity index (χ1v) is 22.6. The van der Waals surface area contributed by atoms with Crippen LogP contribution in [0.15, 0.2) is 137 Å². The number of nitrogens with zero attached hydrogens (tertiary/aromatic N) is 3. The second-order valence-electron chi connectivity index (χ2n) is 15.6. The number of amides is 4. The number of likely N-dealkylation sites (N-methyl/N-ethyl adjacent to an activating group) is 1. The van der Waals surface area contributed by atoms with Crippen LogP contribution in [0, 0.1) is 0 Å². The summed E-state index contributed by atoms with van der Waals surface area (Å²) in [6.07, 6.45) is 7.12. The Kier molecular flexibility index (Phi) is 32.8. The molecule has 0 bridgehead atoms. The molecule has 1 aromatic heterocycles. The molecule has 0 atom stereocenters. The van der Waals surface area contributed by atoms with Gasteiger partial charge in [-0.15, -0.1) is 6.58 Å². The second kappa shape index (κ2) is 35.3. The van der Waals surface area contributed by atoms with Gasteiger partial charge in [-0.3, -0.25) is 24.0 Å². The van der Waals surface area contributed by atoms with E-state index in [9.17, 15) is 33.6 Å². The standard InChI is InChI=1S/C10H15NO3.C10H8.C9H6O4S.C8H13NO.C6H9NO.C5H9NO.C4H8.2CH4/c1-8(2)10(13)14-7-6-11-5-3-4-9(11)12;1-2-6-10-8-4-3-7-9(10)5-1;1-5(10)12-6-2-3-8-7(4-6)13-9(11)14-8;1-7(2)8(10)9-5-3-4-6-9;1-2-7-5-3-4-6(7)8;1-4(2)5(7)6-3;1-4(2)3;;/h1,3-7H2,2H3;1-8H;2-4H,1H3;1,3-6H2,2H3;2H,1,3-5H2;1H2,2-3H3,(H,6,7);1H2,2-3H3;2*1H4. The van der Waals surface area contributed by atoms with Crippen LogP contribution in [0.1, 0.15) is 94.9 Å². The zero-order chi connectivity index (χ0) is 50.5. The predicted octanol–water partition coefficient (Wildman–Crippen LogP) is 10.4. The van der Waals surface area contributed by atoms with Crippen LogP contribution in [0.3, 0.4) is 0 Å². The second-order valence-corrected chi connectivity index (χ2v) is 16.6. The molecule has 0 saturated carbocycles. The SMILES string of the molecule is C.C.C=C(C)C.C=C(C)C(=O)N1CCCC1.C=C(C)C(=O)NC.C=C(C)C(=O)OCCN1CCCC1=O.C=CN1CCCC1=O.CC(=O)Oc1ccc2sc(=O)oc2c1.c1ccc2ccccc2c1. The number of hydrogen-bond donors (Lipinski definition) is 1.